The van der Waals surface area contributed by atoms with E-state index >= 15 is 0 Å². The zero-order valence-corrected chi connectivity index (χ0v) is 17.9. The lowest BCUT2D eigenvalue weighted by Gasteiger charge is -2.16. The molecule has 1 atom stereocenters. The first-order valence-electron chi connectivity index (χ1n) is 9.13. The summed E-state index contributed by atoms with van der Waals surface area (Å²) in [5.41, 5.74) is 2.88. The Balaban J connectivity index is 1.76. The summed E-state index contributed by atoms with van der Waals surface area (Å²) >= 11 is 7.53. The van der Waals surface area contributed by atoms with Crippen LogP contribution in [0.2, 0.25) is 5.02 Å². The van der Waals surface area contributed by atoms with E-state index in [0.29, 0.717) is 28.0 Å². The zero-order valence-electron chi connectivity index (χ0n) is 16.4. The SMILES string of the molecule is CCn1c(SCc2c(F)cccc2Cl)nnc1C(C)Oc1ccc(C)c(C)c1. The van der Waals surface area contributed by atoms with Crippen molar-refractivity contribution < 1.29 is 9.13 Å². The van der Waals surface area contributed by atoms with Crippen LogP contribution in [0, 0.1) is 19.7 Å². The van der Waals surface area contributed by atoms with Crippen molar-refractivity contribution in [2.75, 3.05) is 0 Å². The molecule has 0 radical (unpaired) electrons. The predicted octanol–water partition coefficient (Wildman–Crippen LogP) is 6.14. The lowest BCUT2D eigenvalue weighted by atomic mass is 10.1. The van der Waals surface area contributed by atoms with Gasteiger partial charge < -0.3 is 9.30 Å². The van der Waals surface area contributed by atoms with Crippen LogP contribution in [0.25, 0.3) is 0 Å². The van der Waals surface area contributed by atoms with Gasteiger partial charge in [-0.2, -0.15) is 0 Å². The number of hydrogen-bond donors (Lipinski definition) is 0. The Hall–Kier alpha value is -2.05. The van der Waals surface area contributed by atoms with Gasteiger partial charge in [-0.05, 0) is 63.1 Å². The fraction of sp³-hybridized carbons (Fsp3) is 0.333. The Morgan fingerprint density at radius 2 is 1.96 bits per heavy atom. The van der Waals surface area contributed by atoms with Crippen molar-refractivity contribution in [3.8, 4) is 5.75 Å². The third-order valence-electron chi connectivity index (χ3n) is 4.62. The van der Waals surface area contributed by atoms with Gasteiger partial charge >= 0.3 is 0 Å². The molecule has 0 saturated heterocycles. The Morgan fingerprint density at radius 3 is 2.64 bits per heavy atom. The summed E-state index contributed by atoms with van der Waals surface area (Å²) in [4.78, 5) is 0. The highest BCUT2D eigenvalue weighted by Gasteiger charge is 2.19. The van der Waals surface area contributed by atoms with Crippen LogP contribution >= 0.6 is 23.4 Å². The number of ether oxygens (including phenoxy) is 1. The highest BCUT2D eigenvalue weighted by molar-refractivity contribution is 7.98. The monoisotopic (exact) mass is 419 g/mol. The van der Waals surface area contributed by atoms with Crippen molar-refractivity contribution in [3.63, 3.8) is 0 Å². The van der Waals surface area contributed by atoms with Crippen LogP contribution < -0.4 is 4.74 Å². The summed E-state index contributed by atoms with van der Waals surface area (Å²) in [6.07, 6.45) is -0.263. The number of aryl methyl sites for hydroxylation is 2. The van der Waals surface area contributed by atoms with Crippen LogP contribution in [0.15, 0.2) is 41.6 Å². The molecular weight excluding hydrogens is 397 g/mol. The molecule has 4 nitrogen and oxygen atoms in total. The standard InChI is InChI=1S/C21H23ClFN3OS/c1-5-26-20(15(4)27-16-10-9-13(2)14(3)11-16)24-25-21(26)28-12-17-18(22)7-6-8-19(17)23/h6-11,15H,5,12H2,1-4H3. The van der Waals surface area contributed by atoms with Gasteiger partial charge in [-0.15, -0.1) is 10.2 Å². The minimum absolute atomic E-state index is 0.263. The zero-order chi connectivity index (χ0) is 20.3. The van der Waals surface area contributed by atoms with E-state index in [1.54, 1.807) is 12.1 Å². The van der Waals surface area contributed by atoms with E-state index < -0.39 is 0 Å². The Kier molecular flexibility index (Phi) is 6.62. The summed E-state index contributed by atoms with van der Waals surface area (Å²) < 4.78 is 22.1. The topological polar surface area (TPSA) is 39.9 Å². The molecular formula is C21H23ClFN3OS. The maximum Gasteiger partial charge on any atom is 0.191 e. The number of rotatable bonds is 7. The van der Waals surface area contributed by atoms with Gasteiger partial charge in [0, 0.05) is 22.9 Å². The molecule has 0 aliphatic heterocycles. The van der Waals surface area contributed by atoms with Crippen LogP contribution in [-0.4, -0.2) is 14.8 Å². The van der Waals surface area contributed by atoms with Crippen molar-refractivity contribution in [2.45, 2.75) is 51.3 Å². The highest BCUT2D eigenvalue weighted by Crippen LogP contribution is 2.30. The minimum atomic E-state index is -0.311. The molecule has 28 heavy (non-hydrogen) atoms. The second kappa shape index (κ2) is 8.97. The molecule has 1 unspecified atom stereocenters. The van der Waals surface area contributed by atoms with Crippen LogP contribution in [0.1, 0.15) is 42.5 Å². The Morgan fingerprint density at radius 1 is 1.18 bits per heavy atom. The van der Waals surface area contributed by atoms with Crippen LogP contribution in [-0.2, 0) is 12.3 Å². The summed E-state index contributed by atoms with van der Waals surface area (Å²) in [5.74, 6) is 1.61. The van der Waals surface area contributed by atoms with E-state index in [-0.39, 0.29) is 11.9 Å². The number of thioether (sulfide) groups is 1. The van der Waals surface area contributed by atoms with Crippen molar-refractivity contribution in [2.24, 2.45) is 0 Å². The third-order valence-corrected chi connectivity index (χ3v) is 5.97. The van der Waals surface area contributed by atoms with Crippen LogP contribution in [0.4, 0.5) is 4.39 Å². The Labute approximate surface area is 174 Å². The van der Waals surface area contributed by atoms with E-state index in [2.05, 4.69) is 24.0 Å². The minimum Gasteiger partial charge on any atom is -0.483 e. The Bertz CT molecular complexity index is 956. The summed E-state index contributed by atoms with van der Waals surface area (Å²) in [7, 11) is 0. The van der Waals surface area contributed by atoms with Crippen molar-refractivity contribution in [3.05, 3.63) is 69.8 Å². The van der Waals surface area contributed by atoms with E-state index in [4.69, 9.17) is 16.3 Å². The molecule has 0 bridgehead atoms. The first kappa shape index (κ1) is 20.7. The quantitative estimate of drug-likeness (QED) is 0.431. The molecule has 148 valence electrons. The smallest absolute Gasteiger partial charge is 0.191 e. The summed E-state index contributed by atoms with van der Waals surface area (Å²) in [5, 5.41) is 9.74. The number of aromatic nitrogens is 3. The van der Waals surface area contributed by atoms with Gasteiger partial charge in [-0.1, -0.05) is 35.5 Å². The van der Waals surface area contributed by atoms with E-state index in [0.717, 1.165) is 11.6 Å². The van der Waals surface area contributed by atoms with Gasteiger partial charge in [0.05, 0.1) is 0 Å². The summed E-state index contributed by atoms with van der Waals surface area (Å²) in [6.45, 7) is 8.80. The molecule has 0 saturated carbocycles. The average Bonchev–Trinajstić information content (AvgIpc) is 3.07. The number of benzene rings is 2. The van der Waals surface area contributed by atoms with Gasteiger partial charge in [0.1, 0.15) is 11.6 Å². The molecule has 0 fully saturated rings. The van der Waals surface area contributed by atoms with Gasteiger partial charge in [-0.25, -0.2) is 4.39 Å². The van der Waals surface area contributed by atoms with Gasteiger partial charge in [0.15, 0.2) is 17.1 Å². The second-order valence-corrected chi connectivity index (χ2v) is 7.93. The lowest BCUT2D eigenvalue weighted by molar-refractivity contribution is 0.209. The van der Waals surface area contributed by atoms with Crippen LogP contribution in [0.5, 0.6) is 5.75 Å². The second-order valence-electron chi connectivity index (χ2n) is 6.58. The van der Waals surface area contributed by atoms with E-state index in [1.807, 2.05) is 36.6 Å². The van der Waals surface area contributed by atoms with Crippen molar-refractivity contribution >= 4 is 23.4 Å². The first-order valence-corrected chi connectivity index (χ1v) is 10.5. The number of hydrogen-bond acceptors (Lipinski definition) is 4. The summed E-state index contributed by atoms with van der Waals surface area (Å²) in [6, 6.07) is 10.7. The fourth-order valence-corrected chi connectivity index (χ4v) is 4.21. The van der Waals surface area contributed by atoms with Crippen molar-refractivity contribution in [1.29, 1.82) is 0 Å². The molecule has 0 amide bonds. The molecule has 7 heteroatoms. The molecule has 2 aromatic carbocycles. The molecule has 3 rings (SSSR count). The maximum absolute atomic E-state index is 14.0. The van der Waals surface area contributed by atoms with Gasteiger partial charge in [0.25, 0.3) is 0 Å². The van der Waals surface area contributed by atoms with Gasteiger partial charge in [-0.3, -0.25) is 0 Å². The highest BCUT2D eigenvalue weighted by atomic mass is 35.5. The number of halogens is 2. The molecule has 0 aliphatic rings. The number of nitrogens with zero attached hydrogens (tertiary/aromatic N) is 3. The molecule has 3 aromatic rings. The first-order chi connectivity index (χ1) is 13.4. The molecule has 1 aromatic heterocycles. The average molecular weight is 420 g/mol. The molecule has 1 heterocycles. The van der Waals surface area contributed by atoms with Crippen LogP contribution in [0.3, 0.4) is 0 Å². The predicted molar refractivity (Wildman–Crippen MR) is 112 cm³/mol. The lowest BCUT2D eigenvalue weighted by Crippen LogP contribution is -2.12. The largest absolute Gasteiger partial charge is 0.483 e. The van der Waals surface area contributed by atoms with E-state index in [1.165, 1.54) is 29.0 Å². The van der Waals surface area contributed by atoms with Crippen molar-refractivity contribution in [1.82, 2.24) is 14.8 Å². The maximum atomic E-state index is 14.0. The fourth-order valence-electron chi connectivity index (χ4n) is 2.86. The van der Waals surface area contributed by atoms with Gasteiger partial charge in [0.2, 0.25) is 0 Å². The molecule has 0 N–H and O–H groups in total. The van der Waals surface area contributed by atoms with E-state index in [9.17, 15) is 4.39 Å². The molecule has 0 spiro atoms. The third kappa shape index (κ3) is 4.50. The normalized spacial score (nSPS) is 12.2. The molecule has 0 aliphatic carbocycles.